The summed E-state index contributed by atoms with van der Waals surface area (Å²) in [5, 5.41) is 22.9. The molecule has 12 nitrogen and oxygen atoms in total. The first kappa shape index (κ1) is 29.2. The predicted molar refractivity (Wildman–Crippen MR) is 147 cm³/mol. The number of carboxylic acid groups (broad SMARTS) is 1. The highest BCUT2D eigenvalue weighted by molar-refractivity contribution is 8.15. The second-order valence-electron chi connectivity index (χ2n) is 8.30. The van der Waals surface area contributed by atoms with Crippen molar-refractivity contribution < 1.29 is 24.6 Å². The van der Waals surface area contributed by atoms with Gasteiger partial charge in [0.2, 0.25) is 17.7 Å². The Morgan fingerprint density at radius 2 is 1.79 bits per heavy atom. The maximum absolute atomic E-state index is 12.5. The average molecular weight is 574 g/mol. The third kappa shape index (κ3) is 8.32. The maximum atomic E-state index is 12.5. The number of thioether (sulfide) groups is 1. The Balaban J connectivity index is 0.000000983. The van der Waals surface area contributed by atoms with Crippen LogP contribution in [0.5, 0.6) is 5.88 Å². The Bertz CT molecular complexity index is 1530. The van der Waals surface area contributed by atoms with Gasteiger partial charge in [0.15, 0.2) is 5.17 Å². The van der Waals surface area contributed by atoms with Crippen LogP contribution >= 0.6 is 23.4 Å². The highest BCUT2D eigenvalue weighted by Crippen LogP contribution is 2.32. The molecule has 0 saturated carbocycles. The van der Waals surface area contributed by atoms with Crippen molar-refractivity contribution in [3.8, 4) is 5.88 Å². The fourth-order valence-electron chi connectivity index (χ4n) is 3.46. The van der Waals surface area contributed by atoms with Crippen molar-refractivity contribution in [3.63, 3.8) is 0 Å². The van der Waals surface area contributed by atoms with E-state index >= 15 is 0 Å². The van der Waals surface area contributed by atoms with Gasteiger partial charge in [0.1, 0.15) is 16.9 Å². The quantitative estimate of drug-likeness (QED) is 0.259. The van der Waals surface area contributed by atoms with Gasteiger partial charge in [-0.1, -0.05) is 59.3 Å². The van der Waals surface area contributed by atoms with Gasteiger partial charge < -0.3 is 20.8 Å². The zero-order valence-corrected chi connectivity index (χ0v) is 22.2. The molecule has 2 amide bonds. The second-order valence-corrected chi connectivity index (χ2v) is 9.92. The minimum Gasteiger partial charge on any atom is -0.494 e. The second kappa shape index (κ2) is 12.9. The number of anilines is 1. The molecule has 2 atom stereocenters. The summed E-state index contributed by atoms with van der Waals surface area (Å²) < 4.78 is 0. The van der Waals surface area contributed by atoms with Crippen LogP contribution in [0, 0.1) is 6.92 Å². The molecule has 39 heavy (non-hydrogen) atoms. The van der Waals surface area contributed by atoms with Crippen LogP contribution in [0.4, 0.5) is 5.69 Å². The minimum atomic E-state index is -1.03. The fourth-order valence-corrected chi connectivity index (χ4v) is 4.64. The summed E-state index contributed by atoms with van der Waals surface area (Å²) >= 11 is 6.97. The van der Waals surface area contributed by atoms with E-state index in [0.29, 0.717) is 16.3 Å². The molecule has 1 saturated heterocycles. The molecule has 1 aromatic heterocycles. The lowest BCUT2D eigenvalue weighted by Gasteiger charge is -2.14. The van der Waals surface area contributed by atoms with E-state index in [-0.39, 0.29) is 23.1 Å². The van der Waals surface area contributed by atoms with E-state index in [1.54, 1.807) is 36.4 Å². The first-order chi connectivity index (χ1) is 18.4. The molecular formula is C25H24ClN5O7S. The number of hydrogen-bond acceptors (Lipinski definition) is 8. The van der Waals surface area contributed by atoms with E-state index in [0.717, 1.165) is 24.2 Å². The molecule has 3 aromatic rings. The van der Waals surface area contributed by atoms with Gasteiger partial charge in [-0.15, -0.1) is 0 Å². The summed E-state index contributed by atoms with van der Waals surface area (Å²) in [6.45, 7) is 2.97. The fraction of sp³-hybridized carbons (Fsp3) is 0.200. The van der Waals surface area contributed by atoms with Crippen molar-refractivity contribution >= 4 is 52.0 Å². The molecule has 1 aliphatic rings. The lowest BCUT2D eigenvalue weighted by atomic mass is 10.00. The minimum absolute atomic E-state index is 0.123. The van der Waals surface area contributed by atoms with Gasteiger partial charge in [-0.3, -0.25) is 29.1 Å². The number of nitrogens with one attached hydrogen (secondary N) is 4. The number of amidine groups is 1. The number of halogens is 1. The summed E-state index contributed by atoms with van der Waals surface area (Å²) in [6.07, 6.45) is -0.123. The maximum Gasteiger partial charge on any atom is 0.328 e. The van der Waals surface area contributed by atoms with Crippen molar-refractivity contribution in [2.75, 3.05) is 5.32 Å². The topological polar surface area (TPSA) is 194 Å². The lowest BCUT2D eigenvalue weighted by Crippen LogP contribution is -2.29. The standard InChI is InChI=1S/C23H20ClN5O5S.C2H4O2/c1-11-5-7-12(8-6-11)18(17-20(32)27-22(34)28-21(17)33)26-23-29-19(31)15(35-23)10-16(30)25-14-4-2-3-13(24)9-14;1-2(3)4/h2-9,15,18H,10H2,1H3,(H,25,30)(H,26,29,31)(H3,27,28,32,33,34);1H3,(H,3,4). The molecule has 2 unspecified atom stereocenters. The summed E-state index contributed by atoms with van der Waals surface area (Å²) in [5.41, 5.74) is 0.167. The number of aliphatic imine (C=N–C) groups is 1. The summed E-state index contributed by atoms with van der Waals surface area (Å²) in [5.74, 6) is -2.26. The van der Waals surface area contributed by atoms with Gasteiger partial charge in [0.05, 0.1) is 0 Å². The van der Waals surface area contributed by atoms with Gasteiger partial charge in [0, 0.05) is 24.1 Å². The number of aromatic hydroxyl groups is 1. The number of carbonyl (C=O) groups excluding carboxylic acids is 2. The molecule has 0 bridgehead atoms. The molecule has 0 spiro atoms. The number of aromatic nitrogens is 2. The Morgan fingerprint density at radius 3 is 2.41 bits per heavy atom. The molecular weight excluding hydrogens is 550 g/mol. The smallest absolute Gasteiger partial charge is 0.328 e. The van der Waals surface area contributed by atoms with Crippen molar-refractivity contribution in [2.24, 2.45) is 4.99 Å². The number of aromatic amines is 2. The van der Waals surface area contributed by atoms with Crippen LogP contribution in [0.25, 0.3) is 0 Å². The number of carbonyl (C=O) groups is 3. The number of carboxylic acids is 1. The van der Waals surface area contributed by atoms with Crippen molar-refractivity contribution in [3.05, 3.63) is 91.1 Å². The van der Waals surface area contributed by atoms with Crippen molar-refractivity contribution in [1.29, 1.82) is 0 Å². The van der Waals surface area contributed by atoms with E-state index < -0.39 is 40.3 Å². The van der Waals surface area contributed by atoms with Gasteiger partial charge >= 0.3 is 5.69 Å². The SMILES string of the molecule is CC(=O)O.Cc1ccc(C(N=C2NC(=O)C(CC(=O)Nc3cccc(Cl)c3)S2)c2c(O)[nH]c(=O)[nH]c2=O)cc1. The Kier molecular flexibility index (Phi) is 9.68. The van der Waals surface area contributed by atoms with Gasteiger partial charge in [-0.25, -0.2) is 9.79 Å². The zero-order chi connectivity index (χ0) is 28.7. The largest absolute Gasteiger partial charge is 0.494 e. The van der Waals surface area contributed by atoms with Gasteiger partial charge in [-0.05, 0) is 30.7 Å². The lowest BCUT2D eigenvalue weighted by molar-refractivity contribution is -0.134. The summed E-state index contributed by atoms with van der Waals surface area (Å²) in [4.78, 5) is 66.8. The number of hydrogen-bond donors (Lipinski definition) is 6. The Morgan fingerprint density at radius 1 is 1.13 bits per heavy atom. The predicted octanol–water partition coefficient (Wildman–Crippen LogP) is 2.53. The van der Waals surface area contributed by atoms with Crippen molar-refractivity contribution in [2.45, 2.75) is 31.6 Å². The van der Waals surface area contributed by atoms with Crippen LogP contribution in [-0.2, 0) is 14.4 Å². The van der Waals surface area contributed by atoms with Gasteiger partial charge in [0.25, 0.3) is 11.5 Å². The summed E-state index contributed by atoms with van der Waals surface area (Å²) in [7, 11) is 0. The number of rotatable bonds is 6. The molecule has 14 heteroatoms. The van der Waals surface area contributed by atoms with E-state index in [2.05, 4.69) is 25.6 Å². The highest BCUT2D eigenvalue weighted by Gasteiger charge is 2.33. The van der Waals surface area contributed by atoms with Crippen LogP contribution in [0.3, 0.4) is 0 Å². The number of aryl methyl sites for hydroxylation is 1. The third-order valence-corrected chi connectivity index (χ3v) is 6.46. The molecule has 204 valence electrons. The van der Waals surface area contributed by atoms with E-state index in [9.17, 15) is 24.3 Å². The zero-order valence-electron chi connectivity index (χ0n) is 20.6. The van der Waals surface area contributed by atoms with E-state index in [1.807, 2.05) is 19.1 Å². The number of amides is 2. The van der Waals surface area contributed by atoms with E-state index in [1.165, 1.54) is 0 Å². The first-order valence-electron chi connectivity index (χ1n) is 11.3. The molecule has 1 aliphatic heterocycles. The molecule has 6 N–H and O–H groups in total. The van der Waals surface area contributed by atoms with E-state index in [4.69, 9.17) is 21.5 Å². The number of H-pyrrole nitrogens is 2. The number of aliphatic carboxylic acids is 1. The van der Waals surface area contributed by atoms with Crippen LogP contribution in [0.15, 0.2) is 63.1 Å². The molecule has 0 radical (unpaired) electrons. The summed E-state index contributed by atoms with van der Waals surface area (Å²) in [6, 6.07) is 12.7. The van der Waals surface area contributed by atoms with Crippen molar-refractivity contribution in [1.82, 2.24) is 15.3 Å². The Hall–Kier alpha value is -4.36. The first-order valence-corrected chi connectivity index (χ1v) is 12.6. The van der Waals surface area contributed by atoms with Crippen LogP contribution in [-0.4, -0.2) is 48.4 Å². The molecule has 2 aromatic carbocycles. The van der Waals surface area contributed by atoms with Crippen LogP contribution in [0.1, 0.15) is 36.1 Å². The monoisotopic (exact) mass is 573 g/mol. The Labute approximate surface area is 230 Å². The molecule has 0 aliphatic carbocycles. The van der Waals surface area contributed by atoms with Crippen LogP contribution in [0.2, 0.25) is 5.02 Å². The average Bonchev–Trinajstić information content (AvgIpc) is 3.16. The van der Waals surface area contributed by atoms with Gasteiger partial charge in [-0.2, -0.15) is 0 Å². The highest BCUT2D eigenvalue weighted by atomic mass is 35.5. The normalized spacial score (nSPS) is 16.1. The molecule has 2 heterocycles. The molecule has 4 rings (SSSR count). The third-order valence-electron chi connectivity index (χ3n) is 5.13. The molecule has 1 fully saturated rings. The number of benzene rings is 2. The van der Waals surface area contributed by atoms with Crippen LogP contribution < -0.4 is 21.9 Å². The number of nitrogens with zero attached hydrogens (tertiary/aromatic N) is 1.